The van der Waals surface area contributed by atoms with E-state index in [-0.39, 0.29) is 109 Å². The van der Waals surface area contributed by atoms with Gasteiger partial charge in [-0.05, 0) is 0 Å². The van der Waals surface area contributed by atoms with Gasteiger partial charge in [0, 0.05) is 51.2 Å². The van der Waals surface area contributed by atoms with Gasteiger partial charge in [0.2, 0.25) is 0 Å². The second kappa shape index (κ2) is 61.6. The van der Waals surface area contributed by atoms with Crippen molar-refractivity contribution in [3.63, 3.8) is 0 Å². The first-order chi connectivity index (χ1) is 0. The molecule has 0 amide bonds. The monoisotopic (exact) mass is 321 g/mol. The van der Waals surface area contributed by atoms with Crippen LogP contribution in [0.3, 0.4) is 0 Å². The van der Waals surface area contributed by atoms with Crippen LogP contribution in [-0.2, 0) is 109 Å². The van der Waals surface area contributed by atoms with Crippen molar-refractivity contribution in [3.05, 3.63) is 0 Å². The minimum Gasteiger partial charge on any atom is -1.00 e. The molecule has 0 rings (SSSR count). The Bertz CT molecular complexity index is 6.90. The van der Waals surface area contributed by atoms with Gasteiger partial charge in [-0.15, -0.1) is 0 Å². The van der Waals surface area contributed by atoms with Gasteiger partial charge in [-0.2, -0.15) is 0 Å². The number of hydrogen-bond donors (Lipinski definition) is 0. The van der Waals surface area contributed by atoms with Gasteiger partial charge in [-0.25, -0.2) is 0 Å². The summed E-state index contributed by atoms with van der Waals surface area (Å²) in [7, 11) is 0. The SMILES string of the molecule is [Fe+3].[Fe].[Fe].[Fe].[S-].[S-].[SH-]. The van der Waals surface area contributed by atoms with E-state index in [1.807, 2.05) is 0 Å². The zero-order chi connectivity index (χ0) is 0. The molecule has 0 aliphatic heterocycles. The molecule has 0 atom stereocenters. The third-order valence-electron chi connectivity index (χ3n) is 0. The average molecular weight is 321 g/mol. The summed E-state index contributed by atoms with van der Waals surface area (Å²) in [6.45, 7) is 0. The van der Waals surface area contributed by atoms with Crippen molar-refractivity contribution in [2.24, 2.45) is 0 Å². The molecule has 0 unspecified atom stereocenters. The Labute approximate surface area is 107 Å². The third kappa shape index (κ3) is 47.4. The molecule has 7 heavy (non-hydrogen) atoms. The predicted molar refractivity (Wildman–Crippen MR) is 23.5 cm³/mol. The second-order valence-corrected chi connectivity index (χ2v) is 0. The topological polar surface area (TPSA) is 0 Å². The van der Waals surface area contributed by atoms with Crippen LogP contribution in [0.2, 0.25) is 0 Å². The van der Waals surface area contributed by atoms with Crippen LogP contribution in [-0.4, -0.2) is 0 Å². The first kappa shape index (κ1) is 86.2. The summed E-state index contributed by atoms with van der Waals surface area (Å²) >= 11 is 0. The average Bonchev–Trinajstić information content (AvgIpc) is 0. The van der Waals surface area contributed by atoms with Crippen molar-refractivity contribution >= 4 is 40.5 Å². The molecule has 0 bridgehead atoms. The summed E-state index contributed by atoms with van der Waals surface area (Å²) in [5.74, 6) is 0. The molecule has 0 N–H and O–H groups in total. The summed E-state index contributed by atoms with van der Waals surface area (Å²) in [5.41, 5.74) is 0. The van der Waals surface area contributed by atoms with Crippen molar-refractivity contribution in [2.45, 2.75) is 0 Å². The first-order valence-electron chi connectivity index (χ1n) is 0. The first-order valence-corrected chi connectivity index (χ1v) is 0. The zero-order valence-corrected chi connectivity index (χ0v) is 9.62. The maximum Gasteiger partial charge on any atom is 3.00 e. The van der Waals surface area contributed by atoms with Crippen LogP contribution in [0.4, 0.5) is 0 Å². The maximum atomic E-state index is 0. The Morgan fingerprint density at radius 1 is 0.571 bits per heavy atom. The van der Waals surface area contributed by atoms with Crippen LogP contribution in [0.15, 0.2) is 0 Å². The van der Waals surface area contributed by atoms with Crippen molar-refractivity contribution in [2.75, 3.05) is 0 Å². The second-order valence-electron chi connectivity index (χ2n) is 0. The van der Waals surface area contributed by atoms with E-state index >= 15 is 0 Å². The predicted octanol–water partition coefficient (Wildman–Crippen LogP) is -0.285. The molecule has 0 aliphatic carbocycles. The summed E-state index contributed by atoms with van der Waals surface area (Å²) in [6.07, 6.45) is 0. The minimum atomic E-state index is 0. The van der Waals surface area contributed by atoms with Crippen LogP contribution in [0.1, 0.15) is 0 Å². The summed E-state index contributed by atoms with van der Waals surface area (Å²) in [6, 6.07) is 0. The van der Waals surface area contributed by atoms with Gasteiger partial charge in [-0.1, -0.05) is 0 Å². The van der Waals surface area contributed by atoms with Crippen LogP contribution < -0.4 is 0 Å². The maximum absolute atomic E-state index is 0. The smallest absolute Gasteiger partial charge is 1.00 e. The Morgan fingerprint density at radius 3 is 0.571 bits per heavy atom. The van der Waals surface area contributed by atoms with E-state index < -0.39 is 0 Å². The Balaban J connectivity index is 0. The number of hydrogen-bond acceptors (Lipinski definition) is 3. The summed E-state index contributed by atoms with van der Waals surface area (Å²) in [4.78, 5) is 0. The molecule has 51 valence electrons. The third-order valence-corrected chi connectivity index (χ3v) is 0. The molecule has 0 aromatic heterocycles. The normalized spacial score (nSPS) is 0. The fourth-order valence-corrected chi connectivity index (χ4v) is 0. The molecular formula is HFe4S3. The molecular weight excluding hydrogens is 320 g/mol. The van der Waals surface area contributed by atoms with Gasteiger partial charge in [0.15, 0.2) is 0 Å². The van der Waals surface area contributed by atoms with E-state index in [0.29, 0.717) is 0 Å². The minimum absolute atomic E-state index is 0. The summed E-state index contributed by atoms with van der Waals surface area (Å²) in [5, 5.41) is 0. The van der Waals surface area contributed by atoms with E-state index in [2.05, 4.69) is 0 Å². The van der Waals surface area contributed by atoms with Crippen molar-refractivity contribution < 1.29 is 68.3 Å². The van der Waals surface area contributed by atoms with E-state index in [4.69, 9.17) is 0 Å². The molecule has 3 radical (unpaired) electrons. The van der Waals surface area contributed by atoms with Crippen LogP contribution in [0, 0.1) is 0 Å². The molecule has 0 saturated carbocycles. The molecule has 0 fully saturated rings. The van der Waals surface area contributed by atoms with E-state index in [0.717, 1.165) is 0 Å². The van der Waals surface area contributed by atoms with Gasteiger partial charge < -0.3 is 40.5 Å². The number of rotatable bonds is 0. The fraction of sp³-hybridized carbons (Fsp3) is 0. The molecule has 0 aromatic carbocycles. The van der Waals surface area contributed by atoms with Gasteiger partial charge in [0.05, 0.1) is 0 Å². The van der Waals surface area contributed by atoms with Gasteiger partial charge in [0.1, 0.15) is 0 Å². The summed E-state index contributed by atoms with van der Waals surface area (Å²) < 4.78 is 0. The van der Waals surface area contributed by atoms with Gasteiger partial charge in [-0.3, -0.25) is 0 Å². The van der Waals surface area contributed by atoms with Crippen LogP contribution in [0.25, 0.3) is 0 Å². The number of thiol groups is 1. The molecule has 0 saturated heterocycles. The Morgan fingerprint density at radius 2 is 0.571 bits per heavy atom. The molecule has 0 spiro atoms. The molecule has 0 heterocycles. The van der Waals surface area contributed by atoms with E-state index in [1.54, 1.807) is 0 Å². The zero-order valence-electron chi connectivity index (χ0n) is 2.68. The quantitative estimate of drug-likeness (QED) is 0.336. The van der Waals surface area contributed by atoms with Crippen molar-refractivity contribution in [1.82, 2.24) is 0 Å². The molecule has 0 aliphatic rings. The standard InChI is InChI=1S/4Fe.H2S.2S/h;;;;1H2;;/q;;;+3;;2*-1/p-1. The van der Waals surface area contributed by atoms with Gasteiger partial charge >= 0.3 is 17.1 Å². The van der Waals surface area contributed by atoms with Crippen molar-refractivity contribution in [3.8, 4) is 0 Å². The molecule has 0 nitrogen and oxygen atoms in total. The molecule has 7 heteroatoms. The fourth-order valence-electron chi connectivity index (χ4n) is 0. The largest absolute Gasteiger partial charge is 3.00 e. The van der Waals surface area contributed by atoms with E-state index in [9.17, 15) is 0 Å². The van der Waals surface area contributed by atoms with Crippen molar-refractivity contribution in [1.29, 1.82) is 0 Å². The molecule has 0 aromatic rings. The Kier molecular flexibility index (Phi) is 759. The van der Waals surface area contributed by atoms with Crippen LogP contribution in [0.5, 0.6) is 0 Å². The van der Waals surface area contributed by atoms with Gasteiger partial charge in [0.25, 0.3) is 0 Å². The Hall–Kier alpha value is 3.13. The van der Waals surface area contributed by atoms with E-state index in [1.165, 1.54) is 0 Å². The van der Waals surface area contributed by atoms with Crippen LogP contribution >= 0.6 is 0 Å².